The summed E-state index contributed by atoms with van der Waals surface area (Å²) in [6, 6.07) is 17.0. The molecule has 1 amide bonds. The van der Waals surface area contributed by atoms with Gasteiger partial charge in [-0.05, 0) is 53.9 Å². The molecule has 0 bridgehead atoms. The topological polar surface area (TPSA) is 92.2 Å². The number of carboxylic acids is 1. The molecule has 2 aromatic carbocycles. The summed E-state index contributed by atoms with van der Waals surface area (Å²) in [6.45, 7) is 5.44. The highest BCUT2D eigenvalue weighted by molar-refractivity contribution is 5.92. The van der Waals surface area contributed by atoms with Gasteiger partial charge in [-0.15, -0.1) is 0 Å². The molecule has 8 nitrogen and oxygen atoms in total. The van der Waals surface area contributed by atoms with Crippen molar-refractivity contribution in [3.63, 3.8) is 0 Å². The number of amides is 1. The average Bonchev–Trinajstić information content (AvgIpc) is 3.22. The lowest BCUT2D eigenvalue weighted by Crippen LogP contribution is -2.46. The summed E-state index contributed by atoms with van der Waals surface area (Å²) in [5.41, 5.74) is 5.88. The second-order valence-electron chi connectivity index (χ2n) is 9.88. The molecule has 3 heterocycles. The van der Waals surface area contributed by atoms with Crippen LogP contribution in [0.2, 0.25) is 0 Å². The molecule has 0 unspecified atom stereocenters. The molecule has 0 aliphatic carbocycles. The van der Waals surface area contributed by atoms with E-state index in [2.05, 4.69) is 34.1 Å². The van der Waals surface area contributed by atoms with Crippen molar-refractivity contribution >= 4 is 17.7 Å². The summed E-state index contributed by atoms with van der Waals surface area (Å²) in [5, 5.41) is 9.12. The Labute approximate surface area is 216 Å². The van der Waals surface area contributed by atoms with E-state index < -0.39 is 11.6 Å². The van der Waals surface area contributed by atoms with Crippen molar-refractivity contribution in [2.75, 3.05) is 31.6 Å². The lowest BCUT2D eigenvalue weighted by molar-refractivity contribution is -0.000987. The van der Waals surface area contributed by atoms with Crippen molar-refractivity contribution in [2.45, 2.75) is 38.5 Å². The molecule has 1 aromatic heterocycles. The standard InChI is InChI=1S/C29H31N3O5/c1-20-3-5-23(16-30-20)26-10-4-21(15-24(26)18-36-2)17-31-13-11-29(12-14-31)19-32(28(35)37-29)25-8-6-22(7-9-25)27(33)34/h3-10,15-16H,11-14,17-19H2,1-2H3,(H,33,34). The van der Waals surface area contributed by atoms with Gasteiger partial charge < -0.3 is 14.6 Å². The Bertz CT molecular complexity index is 1280. The zero-order valence-corrected chi connectivity index (χ0v) is 21.1. The molecule has 192 valence electrons. The SMILES string of the molecule is COCc1cc(CN2CCC3(CC2)CN(c2ccc(C(=O)O)cc2)C(=O)O3)ccc1-c1ccc(C)nc1. The van der Waals surface area contributed by atoms with Crippen molar-refractivity contribution < 1.29 is 24.2 Å². The van der Waals surface area contributed by atoms with E-state index in [-0.39, 0.29) is 11.7 Å². The molecule has 0 saturated carbocycles. The molecular weight excluding hydrogens is 470 g/mol. The van der Waals surface area contributed by atoms with Crippen LogP contribution in [0.15, 0.2) is 60.8 Å². The van der Waals surface area contributed by atoms with E-state index >= 15 is 0 Å². The van der Waals surface area contributed by atoms with Crippen LogP contribution in [0.25, 0.3) is 11.1 Å². The highest BCUT2D eigenvalue weighted by Gasteiger charge is 2.47. The Hall–Kier alpha value is -3.75. The first-order valence-corrected chi connectivity index (χ1v) is 12.5. The smallest absolute Gasteiger partial charge is 0.415 e. The lowest BCUT2D eigenvalue weighted by atomic mass is 9.90. The maximum Gasteiger partial charge on any atom is 0.415 e. The van der Waals surface area contributed by atoms with Crippen molar-refractivity contribution in [3.05, 3.63) is 83.2 Å². The van der Waals surface area contributed by atoms with Crippen LogP contribution in [0.1, 0.15) is 40.0 Å². The van der Waals surface area contributed by atoms with Crippen LogP contribution in [0, 0.1) is 6.92 Å². The molecule has 2 aliphatic heterocycles. The fraction of sp³-hybridized carbons (Fsp3) is 0.345. The number of pyridine rings is 1. The number of piperidine rings is 1. The molecule has 37 heavy (non-hydrogen) atoms. The normalized spacial score (nSPS) is 17.2. The molecular formula is C29H31N3O5. The number of benzene rings is 2. The number of likely N-dealkylation sites (tertiary alicyclic amines) is 1. The fourth-order valence-electron chi connectivity index (χ4n) is 5.17. The monoisotopic (exact) mass is 501 g/mol. The number of hydrogen-bond donors (Lipinski definition) is 1. The summed E-state index contributed by atoms with van der Waals surface area (Å²) in [7, 11) is 1.71. The number of anilines is 1. The average molecular weight is 502 g/mol. The van der Waals surface area contributed by atoms with Crippen LogP contribution in [0.4, 0.5) is 10.5 Å². The number of carboxylic acid groups (broad SMARTS) is 1. The molecule has 2 saturated heterocycles. The minimum Gasteiger partial charge on any atom is -0.478 e. The summed E-state index contributed by atoms with van der Waals surface area (Å²) >= 11 is 0. The maximum atomic E-state index is 12.7. The number of aromatic carboxylic acids is 1. The minimum atomic E-state index is -0.990. The Morgan fingerprint density at radius 2 is 1.86 bits per heavy atom. The molecule has 1 spiro atoms. The van der Waals surface area contributed by atoms with Gasteiger partial charge in [0, 0.05) is 62.7 Å². The maximum absolute atomic E-state index is 12.7. The molecule has 5 rings (SSSR count). The number of rotatable bonds is 7. The van der Waals surface area contributed by atoms with Gasteiger partial charge in [-0.3, -0.25) is 14.8 Å². The number of methoxy groups -OCH3 is 1. The summed E-state index contributed by atoms with van der Waals surface area (Å²) in [6.07, 6.45) is 3.03. The first-order chi connectivity index (χ1) is 17.9. The van der Waals surface area contributed by atoms with Gasteiger partial charge >= 0.3 is 12.1 Å². The molecule has 1 N–H and O–H groups in total. The van der Waals surface area contributed by atoms with Crippen LogP contribution < -0.4 is 4.90 Å². The van der Waals surface area contributed by atoms with E-state index in [1.54, 1.807) is 24.1 Å². The summed E-state index contributed by atoms with van der Waals surface area (Å²) < 4.78 is 11.4. The third-order valence-electron chi connectivity index (χ3n) is 7.26. The van der Waals surface area contributed by atoms with E-state index in [1.165, 1.54) is 17.7 Å². The third-order valence-corrected chi connectivity index (χ3v) is 7.26. The third kappa shape index (κ3) is 5.35. The number of aryl methyl sites for hydroxylation is 1. The molecule has 3 aromatic rings. The number of carbonyl (C=O) groups is 2. The molecule has 0 radical (unpaired) electrons. The van der Waals surface area contributed by atoms with E-state index in [0.717, 1.165) is 54.9 Å². The first-order valence-electron chi connectivity index (χ1n) is 12.5. The zero-order chi connectivity index (χ0) is 26.0. The quantitative estimate of drug-likeness (QED) is 0.493. The number of nitrogens with zero attached hydrogens (tertiary/aromatic N) is 3. The molecule has 2 aliphatic rings. The van der Waals surface area contributed by atoms with Gasteiger partial charge in [-0.2, -0.15) is 0 Å². The number of aromatic nitrogens is 1. The van der Waals surface area contributed by atoms with Crippen molar-refractivity contribution in [3.8, 4) is 11.1 Å². The van der Waals surface area contributed by atoms with Gasteiger partial charge in [0.1, 0.15) is 5.60 Å². The summed E-state index contributed by atoms with van der Waals surface area (Å²) in [4.78, 5) is 32.2. The molecule has 0 atom stereocenters. The van der Waals surface area contributed by atoms with Gasteiger partial charge in [0.25, 0.3) is 0 Å². The van der Waals surface area contributed by atoms with Crippen molar-refractivity contribution in [1.82, 2.24) is 9.88 Å². The highest BCUT2D eigenvalue weighted by Crippen LogP contribution is 2.36. The molecule has 2 fully saturated rings. The lowest BCUT2D eigenvalue weighted by Gasteiger charge is -2.37. The van der Waals surface area contributed by atoms with Crippen molar-refractivity contribution in [2.24, 2.45) is 0 Å². The summed E-state index contributed by atoms with van der Waals surface area (Å²) in [5.74, 6) is -0.990. The van der Waals surface area contributed by atoms with Crippen LogP contribution in [-0.2, 0) is 22.6 Å². The minimum absolute atomic E-state index is 0.191. The van der Waals surface area contributed by atoms with Gasteiger partial charge in [0.15, 0.2) is 0 Å². The predicted octanol–water partition coefficient (Wildman–Crippen LogP) is 4.89. The Morgan fingerprint density at radius 3 is 2.51 bits per heavy atom. The second kappa shape index (κ2) is 10.3. The predicted molar refractivity (Wildman–Crippen MR) is 140 cm³/mol. The van der Waals surface area contributed by atoms with Crippen LogP contribution in [-0.4, -0.2) is 59.4 Å². The van der Waals surface area contributed by atoms with Gasteiger partial charge in [0.05, 0.1) is 18.7 Å². The van der Waals surface area contributed by atoms with Gasteiger partial charge in [-0.25, -0.2) is 9.59 Å². The van der Waals surface area contributed by atoms with E-state index in [1.807, 2.05) is 19.2 Å². The van der Waals surface area contributed by atoms with E-state index in [9.17, 15) is 9.59 Å². The largest absolute Gasteiger partial charge is 0.478 e. The number of hydrogen-bond acceptors (Lipinski definition) is 6. The number of ether oxygens (including phenoxy) is 2. The van der Waals surface area contributed by atoms with Gasteiger partial charge in [-0.1, -0.05) is 24.3 Å². The first kappa shape index (κ1) is 24.9. The fourth-order valence-corrected chi connectivity index (χ4v) is 5.17. The van der Waals surface area contributed by atoms with Crippen LogP contribution in [0.3, 0.4) is 0 Å². The number of carbonyl (C=O) groups excluding carboxylic acids is 1. The zero-order valence-electron chi connectivity index (χ0n) is 21.1. The van der Waals surface area contributed by atoms with Crippen LogP contribution in [0.5, 0.6) is 0 Å². The highest BCUT2D eigenvalue weighted by atomic mass is 16.6. The van der Waals surface area contributed by atoms with E-state index in [0.29, 0.717) is 18.8 Å². The van der Waals surface area contributed by atoms with E-state index in [4.69, 9.17) is 14.6 Å². The Balaban J connectivity index is 1.23. The Kier molecular flexibility index (Phi) is 6.95. The second-order valence-corrected chi connectivity index (χ2v) is 9.88. The van der Waals surface area contributed by atoms with Crippen molar-refractivity contribution in [1.29, 1.82) is 0 Å². The Morgan fingerprint density at radius 1 is 1.11 bits per heavy atom. The van der Waals surface area contributed by atoms with Crippen LogP contribution >= 0.6 is 0 Å². The van der Waals surface area contributed by atoms with Gasteiger partial charge in [0.2, 0.25) is 0 Å². The molecule has 8 heteroatoms.